The smallest absolute Gasteiger partial charge is 0.251 e. The molecule has 0 unspecified atom stereocenters. The summed E-state index contributed by atoms with van der Waals surface area (Å²) in [7, 11) is 0. The van der Waals surface area contributed by atoms with E-state index in [1.807, 2.05) is 38.1 Å². The number of para-hydroxylation sites is 1. The predicted molar refractivity (Wildman–Crippen MR) is 115 cm³/mol. The van der Waals surface area contributed by atoms with Gasteiger partial charge in [0.05, 0.1) is 12.1 Å². The molecular formula is C22H23N5O4. The standard InChI is InChI=1S/C22H23N5O4/c1-12(2)19(20(23)28)27-21-14-5-3-4-6-15(14)25-18(26-21)10-24-22(29)13-7-8-16-17(9-13)31-11-30-16/h3-9,12,19H,10-11H2,1-2H3,(H2,23,28)(H,24,29)(H,25,26,27)/t19-/m0/s1. The van der Waals surface area contributed by atoms with Crippen molar-refractivity contribution in [2.45, 2.75) is 26.4 Å². The van der Waals surface area contributed by atoms with E-state index in [0.717, 1.165) is 5.39 Å². The topological polar surface area (TPSA) is 128 Å². The van der Waals surface area contributed by atoms with Crippen LogP contribution in [0.4, 0.5) is 5.82 Å². The van der Waals surface area contributed by atoms with Gasteiger partial charge >= 0.3 is 0 Å². The van der Waals surface area contributed by atoms with Crippen LogP contribution in [0.25, 0.3) is 10.9 Å². The van der Waals surface area contributed by atoms with E-state index < -0.39 is 11.9 Å². The van der Waals surface area contributed by atoms with Crippen molar-refractivity contribution in [1.82, 2.24) is 15.3 Å². The lowest BCUT2D eigenvalue weighted by atomic mass is 10.0. The van der Waals surface area contributed by atoms with E-state index in [4.69, 9.17) is 15.2 Å². The highest BCUT2D eigenvalue weighted by molar-refractivity contribution is 5.95. The maximum absolute atomic E-state index is 12.6. The molecule has 1 aliphatic heterocycles. The van der Waals surface area contributed by atoms with E-state index >= 15 is 0 Å². The number of anilines is 1. The third-order valence-electron chi connectivity index (χ3n) is 4.96. The van der Waals surface area contributed by atoms with E-state index in [0.29, 0.717) is 34.2 Å². The summed E-state index contributed by atoms with van der Waals surface area (Å²) in [5.74, 6) is 1.27. The maximum atomic E-state index is 12.6. The number of primary amides is 1. The Kier molecular flexibility index (Phi) is 5.57. The van der Waals surface area contributed by atoms with Crippen molar-refractivity contribution in [3.05, 3.63) is 53.9 Å². The maximum Gasteiger partial charge on any atom is 0.251 e. The average Bonchev–Trinajstić information content (AvgIpc) is 3.23. The quantitative estimate of drug-likeness (QED) is 0.533. The monoisotopic (exact) mass is 421 g/mol. The van der Waals surface area contributed by atoms with Crippen molar-refractivity contribution in [2.75, 3.05) is 12.1 Å². The first-order chi connectivity index (χ1) is 14.9. The van der Waals surface area contributed by atoms with Crippen molar-refractivity contribution in [3.8, 4) is 11.5 Å². The van der Waals surface area contributed by atoms with Crippen LogP contribution >= 0.6 is 0 Å². The molecule has 1 aromatic heterocycles. The van der Waals surface area contributed by atoms with Crippen LogP contribution in [0, 0.1) is 5.92 Å². The molecule has 1 aliphatic rings. The lowest BCUT2D eigenvalue weighted by Crippen LogP contribution is -2.40. The second-order valence-electron chi connectivity index (χ2n) is 7.52. The highest BCUT2D eigenvalue weighted by atomic mass is 16.7. The van der Waals surface area contributed by atoms with Crippen LogP contribution in [0.3, 0.4) is 0 Å². The fraction of sp³-hybridized carbons (Fsp3) is 0.273. The number of nitrogens with one attached hydrogen (secondary N) is 2. The molecule has 2 heterocycles. The van der Waals surface area contributed by atoms with Crippen LogP contribution < -0.4 is 25.8 Å². The molecule has 160 valence electrons. The Labute approximate surface area is 179 Å². The SMILES string of the molecule is CC(C)[C@H](Nc1nc(CNC(=O)c2ccc3c(c2)OCO3)nc2ccccc12)C(N)=O. The molecule has 31 heavy (non-hydrogen) atoms. The van der Waals surface area contributed by atoms with Crippen molar-refractivity contribution in [3.63, 3.8) is 0 Å². The number of carbonyl (C=O) groups is 2. The molecule has 9 nitrogen and oxygen atoms in total. The van der Waals surface area contributed by atoms with E-state index in [1.54, 1.807) is 18.2 Å². The van der Waals surface area contributed by atoms with Gasteiger partial charge in [0.1, 0.15) is 11.9 Å². The fourth-order valence-electron chi connectivity index (χ4n) is 3.33. The summed E-state index contributed by atoms with van der Waals surface area (Å²) in [5, 5.41) is 6.72. The Morgan fingerprint density at radius 1 is 1.10 bits per heavy atom. The second-order valence-corrected chi connectivity index (χ2v) is 7.52. The molecule has 3 aromatic rings. The summed E-state index contributed by atoms with van der Waals surface area (Å²) < 4.78 is 10.6. The summed E-state index contributed by atoms with van der Waals surface area (Å²) in [6.45, 7) is 4.05. The normalized spacial score (nSPS) is 13.3. The highest BCUT2D eigenvalue weighted by Gasteiger charge is 2.21. The molecule has 0 bridgehead atoms. The Morgan fingerprint density at radius 2 is 1.87 bits per heavy atom. The minimum Gasteiger partial charge on any atom is -0.454 e. The van der Waals surface area contributed by atoms with Gasteiger partial charge in [-0.15, -0.1) is 0 Å². The second kappa shape index (κ2) is 8.47. The van der Waals surface area contributed by atoms with Gasteiger partial charge in [-0.1, -0.05) is 26.0 Å². The van der Waals surface area contributed by atoms with Crippen molar-refractivity contribution >= 4 is 28.5 Å². The average molecular weight is 421 g/mol. The highest BCUT2D eigenvalue weighted by Crippen LogP contribution is 2.32. The molecule has 0 radical (unpaired) electrons. The third-order valence-corrected chi connectivity index (χ3v) is 4.96. The lowest BCUT2D eigenvalue weighted by Gasteiger charge is -2.21. The molecule has 4 N–H and O–H groups in total. The number of hydrogen-bond acceptors (Lipinski definition) is 7. The molecular weight excluding hydrogens is 398 g/mol. The molecule has 0 saturated heterocycles. The van der Waals surface area contributed by atoms with Crippen molar-refractivity contribution in [2.24, 2.45) is 11.7 Å². The molecule has 0 spiro atoms. The van der Waals surface area contributed by atoms with Gasteiger partial charge in [-0.2, -0.15) is 0 Å². The summed E-state index contributed by atoms with van der Waals surface area (Å²) in [5.41, 5.74) is 6.68. The summed E-state index contributed by atoms with van der Waals surface area (Å²) in [6, 6.07) is 11.8. The Bertz CT molecular complexity index is 1150. The zero-order valence-electron chi connectivity index (χ0n) is 17.2. The predicted octanol–water partition coefficient (Wildman–Crippen LogP) is 2.21. The van der Waals surface area contributed by atoms with Crippen LogP contribution in [0.5, 0.6) is 11.5 Å². The van der Waals surface area contributed by atoms with E-state index in [9.17, 15) is 9.59 Å². The van der Waals surface area contributed by atoms with Gasteiger partial charge in [0, 0.05) is 10.9 Å². The molecule has 0 saturated carbocycles. The number of carbonyl (C=O) groups excluding carboxylic acids is 2. The van der Waals surface area contributed by atoms with E-state index in [-0.39, 0.29) is 25.2 Å². The third kappa shape index (κ3) is 4.35. The molecule has 2 amide bonds. The van der Waals surface area contributed by atoms with Crippen LogP contribution in [0.2, 0.25) is 0 Å². The zero-order chi connectivity index (χ0) is 22.0. The summed E-state index contributed by atoms with van der Waals surface area (Å²) >= 11 is 0. The number of amides is 2. The number of nitrogens with two attached hydrogens (primary N) is 1. The largest absolute Gasteiger partial charge is 0.454 e. The fourth-order valence-corrected chi connectivity index (χ4v) is 3.33. The van der Waals surface area contributed by atoms with Gasteiger partial charge in [-0.25, -0.2) is 9.97 Å². The molecule has 2 aromatic carbocycles. The summed E-state index contributed by atoms with van der Waals surface area (Å²) in [6.07, 6.45) is 0. The number of ether oxygens (including phenoxy) is 2. The Morgan fingerprint density at radius 3 is 2.65 bits per heavy atom. The number of benzene rings is 2. The van der Waals surface area contributed by atoms with E-state index in [2.05, 4.69) is 20.6 Å². The Hall–Kier alpha value is -3.88. The Balaban J connectivity index is 1.56. The van der Waals surface area contributed by atoms with E-state index in [1.165, 1.54) is 0 Å². The van der Waals surface area contributed by atoms with Crippen LogP contribution in [0.1, 0.15) is 30.0 Å². The van der Waals surface area contributed by atoms with Gasteiger partial charge in [0.15, 0.2) is 17.3 Å². The number of nitrogens with zero attached hydrogens (tertiary/aromatic N) is 2. The van der Waals surface area contributed by atoms with Gasteiger partial charge in [0.25, 0.3) is 5.91 Å². The zero-order valence-corrected chi connectivity index (χ0v) is 17.2. The summed E-state index contributed by atoms with van der Waals surface area (Å²) in [4.78, 5) is 33.5. The molecule has 1 atom stereocenters. The van der Waals surface area contributed by atoms with Gasteiger partial charge < -0.3 is 25.8 Å². The first kappa shape index (κ1) is 20.4. The number of hydrogen-bond donors (Lipinski definition) is 3. The molecule has 9 heteroatoms. The number of fused-ring (bicyclic) bond motifs is 2. The van der Waals surface area contributed by atoms with Crippen LogP contribution in [0.15, 0.2) is 42.5 Å². The minimum atomic E-state index is -0.589. The molecule has 4 rings (SSSR count). The van der Waals surface area contributed by atoms with Crippen LogP contribution in [-0.2, 0) is 11.3 Å². The first-order valence-electron chi connectivity index (χ1n) is 9.91. The lowest BCUT2D eigenvalue weighted by molar-refractivity contribution is -0.119. The number of aromatic nitrogens is 2. The van der Waals surface area contributed by atoms with Gasteiger partial charge in [0.2, 0.25) is 12.7 Å². The van der Waals surface area contributed by atoms with Crippen molar-refractivity contribution < 1.29 is 19.1 Å². The molecule has 0 aliphatic carbocycles. The van der Waals surface area contributed by atoms with Gasteiger partial charge in [-0.3, -0.25) is 9.59 Å². The molecule has 0 fully saturated rings. The number of rotatable bonds is 7. The first-order valence-corrected chi connectivity index (χ1v) is 9.91. The van der Waals surface area contributed by atoms with Crippen molar-refractivity contribution in [1.29, 1.82) is 0 Å². The minimum absolute atomic E-state index is 0.0274. The van der Waals surface area contributed by atoms with Crippen LogP contribution in [-0.4, -0.2) is 34.6 Å². The van der Waals surface area contributed by atoms with Gasteiger partial charge in [-0.05, 0) is 36.2 Å².